The van der Waals surface area contributed by atoms with Gasteiger partial charge >= 0.3 is 6.08 Å². The highest BCUT2D eigenvalue weighted by atomic mass is 19.1. The Morgan fingerprint density at radius 3 is 2.75 bits per heavy atom. The number of fused-ring (bicyclic) bond motifs is 1. The first-order chi connectivity index (χ1) is 11.8. The van der Waals surface area contributed by atoms with Gasteiger partial charge in [0.15, 0.2) is 0 Å². The Morgan fingerprint density at radius 1 is 1.08 bits per heavy atom. The number of rotatable bonds is 4. The molecular formula is C18H15FN4O. The highest BCUT2D eigenvalue weighted by Crippen LogP contribution is 2.33. The lowest BCUT2D eigenvalue weighted by Gasteiger charge is -2.12. The molecule has 0 bridgehead atoms. The van der Waals surface area contributed by atoms with Crippen molar-refractivity contribution in [2.45, 2.75) is 25.9 Å². The van der Waals surface area contributed by atoms with E-state index in [0.717, 1.165) is 41.8 Å². The quantitative estimate of drug-likeness (QED) is 0.691. The van der Waals surface area contributed by atoms with Gasteiger partial charge in [-0.25, -0.2) is 15.0 Å². The van der Waals surface area contributed by atoms with Gasteiger partial charge in [-0.1, -0.05) is 6.07 Å². The summed E-state index contributed by atoms with van der Waals surface area (Å²) in [5.41, 5.74) is 4.79. The third-order valence-electron chi connectivity index (χ3n) is 4.05. The molecule has 4 rings (SSSR count). The van der Waals surface area contributed by atoms with Crippen LogP contribution in [0.2, 0.25) is 0 Å². The predicted octanol–water partition coefficient (Wildman–Crippen LogP) is 3.14. The number of hydrogen-bond donors (Lipinski definition) is 0. The van der Waals surface area contributed by atoms with Crippen molar-refractivity contribution >= 4 is 0 Å². The molecule has 1 aliphatic carbocycles. The van der Waals surface area contributed by atoms with Crippen LogP contribution in [0.4, 0.5) is 4.39 Å². The average Bonchev–Trinajstić information content (AvgIpc) is 3.09. The molecular weight excluding hydrogens is 307 g/mol. The van der Waals surface area contributed by atoms with Crippen molar-refractivity contribution in [1.82, 2.24) is 19.9 Å². The maximum absolute atomic E-state index is 13.0. The minimum atomic E-state index is -0.726. The molecule has 0 radical (unpaired) electrons. The molecule has 0 saturated heterocycles. The lowest BCUT2D eigenvalue weighted by molar-refractivity contribution is 0.288. The van der Waals surface area contributed by atoms with Crippen molar-refractivity contribution in [2.24, 2.45) is 0 Å². The molecule has 0 atom stereocenters. The lowest BCUT2D eigenvalue weighted by atomic mass is 10.0. The fraction of sp³-hybridized carbons (Fsp3) is 0.222. The molecule has 0 unspecified atom stereocenters. The summed E-state index contributed by atoms with van der Waals surface area (Å²) in [5.74, 6) is 0.542. The smallest absolute Gasteiger partial charge is 0.308 e. The number of pyridine rings is 2. The van der Waals surface area contributed by atoms with Crippen molar-refractivity contribution in [3.63, 3.8) is 0 Å². The minimum absolute atomic E-state index is 0.353. The summed E-state index contributed by atoms with van der Waals surface area (Å²) in [6, 6.07) is 7.57. The van der Waals surface area contributed by atoms with Crippen molar-refractivity contribution in [1.29, 1.82) is 0 Å². The molecule has 0 spiro atoms. The number of aryl methyl sites for hydroxylation is 1. The zero-order valence-corrected chi connectivity index (χ0v) is 12.9. The summed E-state index contributed by atoms with van der Waals surface area (Å²) in [5, 5.41) is 0. The van der Waals surface area contributed by atoms with E-state index < -0.39 is 6.08 Å². The van der Waals surface area contributed by atoms with E-state index in [1.165, 1.54) is 18.0 Å². The zero-order valence-electron chi connectivity index (χ0n) is 12.9. The zero-order chi connectivity index (χ0) is 16.4. The third-order valence-corrected chi connectivity index (χ3v) is 4.05. The Labute approximate surface area is 138 Å². The molecule has 5 nitrogen and oxygen atoms in total. The van der Waals surface area contributed by atoms with Crippen molar-refractivity contribution in [2.75, 3.05) is 0 Å². The Balaban J connectivity index is 1.66. The van der Waals surface area contributed by atoms with Gasteiger partial charge in [-0.05, 0) is 42.5 Å². The van der Waals surface area contributed by atoms with E-state index in [2.05, 4.69) is 19.9 Å². The van der Waals surface area contributed by atoms with Crippen LogP contribution < -0.4 is 4.74 Å². The van der Waals surface area contributed by atoms with Crippen LogP contribution in [0.5, 0.6) is 5.88 Å². The van der Waals surface area contributed by atoms with Crippen molar-refractivity contribution in [3.8, 4) is 17.0 Å². The molecule has 0 saturated carbocycles. The topological polar surface area (TPSA) is 60.8 Å². The highest BCUT2D eigenvalue weighted by molar-refractivity contribution is 5.68. The van der Waals surface area contributed by atoms with Gasteiger partial charge in [-0.3, -0.25) is 4.98 Å². The maximum Gasteiger partial charge on any atom is 0.308 e. The van der Waals surface area contributed by atoms with Gasteiger partial charge in [0.2, 0.25) is 5.88 Å². The Bertz CT molecular complexity index is 853. The van der Waals surface area contributed by atoms with Gasteiger partial charge in [0.1, 0.15) is 6.61 Å². The van der Waals surface area contributed by atoms with Crippen LogP contribution in [0.3, 0.4) is 0 Å². The monoisotopic (exact) mass is 322 g/mol. The van der Waals surface area contributed by atoms with Gasteiger partial charge in [0, 0.05) is 35.9 Å². The first kappa shape index (κ1) is 14.7. The van der Waals surface area contributed by atoms with Crippen LogP contribution in [0.1, 0.15) is 23.4 Å². The lowest BCUT2D eigenvalue weighted by Crippen LogP contribution is -2.02. The van der Waals surface area contributed by atoms with Crippen molar-refractivity contribution < 1.29 is 9.13 Å². The average molecular weight is 322 g/mol. The van der Waals surface area contributed by atoms with Crippen LogP contribution in [-0.4, -0.2) is 19.9 Å². The molecule has 0 amide bonds. The standard InChI is InChI=1S/C18H15FN4O/c19-18-21-9-12(10-22-18)15-8-17(23-16-6-3-5-14(15)16)24-11-13-4-1-2-7-20-13/h1-2,4,7-10H,3,5-6,11H2. The normalized spacial score (nSPS) is 12.9. The van der Waals surface area contributed by atoms with Gasteiger partial charge in [0.05, 0.1) is 5.69 Å². The number of ether oxygens (including phenoxy) is 1. The van der Waals surface area contributed by atoms with E-state index >= 15 is 0 Å². The second-order valence-corrected chi connectivity index (χ2v) is 5.64. The van der Waals surface area contributed by atoms with Crippen LogP contribution >= 0.6 is 0 Å². The SMILES string of the molecule is Fc1ncc(-c2cc(OCc3ccccn3)nc3c2CCC3)cn1. The predicted molar refractivity (Wildman–Crippen MR) is 85.8 cm³/mol. The third kappa shape index (κ3) is 2.95. The first-order valence-corrected chi connectivity index (χ1v) is 7.83. The van der Waals surface area contributed by atoms with Crippen LogP contribution in [0, 0.1) is 6.08 Å². The molecule has 0 N–H and O–H groups in total. The summed E-state index contributed by atoms with van der Waals surface area (Å²) in [6.07, 6.45) is 6.94. The number of hydrogen-bond acceptors (Lipinski definition) is 5. The number of nitrogens with zero attached hydrogens (tertiary/aromatic N) is 4. The van der Waals surface area contributed by atoms with E-state index in [-0.39, 0.29) is 0 Å². The van der Waals surface area contributed by atoms with E-state index in [4.69, 9.17) is 4.74 Å². The summed E-state index contributed by atoms with van der Waals surface area (Å²) in [4.78, 5) is 16.2. The Morgan fingerprint density at radius 2 is 1.96 bits per heavy atom. The molecule has 6 heteroatoms. The molecule has 120 valence electrons. The second kappa shape index (κ2) is 6.31. The van der Waals surface area contributed by atoms with Crippen molar-refractivity contribution in [3.05, 3.63) is 65.9 Å². The van der Waals surface area contributed by atoms with Gasteiger partial charge < -0.3 is 4.74 Å². The van der Waals surface area contributed by atoms with E-state index in [9.17, 15) is 4.39 Å². The van der Waals surface area contributed by atoms with Crippen LogP contribution in [0.25, 0.3) is 11.1 Å². The molecule has 1 aliphatic rings. The Hall–Kier alpha value is -2.89. The second-order valence-electron chi connectivity index (χ2n) is 5.64. The fourth-order valence-corrected chi connectivity index (χ4v) is 2.93. The molecule has 0 aromatic carbocycles. The molecule has 0 aliphatic heterocycles. The minimum Gasteiger partial charge on any atom is -0.471 e. The molecule has 0 fully saturated rings. The molecule has 24 heavy (non-hydrogen) atoms. The molecule has 3 heterocycles. The van der Waals surface area contributed by atoms with Gasteiger partial charge in [0.25, 0.3) is 0 Å². The van der Waals surface area contributed by atoms with E-state index in [1.54, 1.807) is 6.20 Å². The maximum atomic E-state index is 13.0. The summed E-state index contributed by atoms with van der Waals surface area (Å²) in [7, 11) is 0. The highest BCUT2D eigenvalue weighted by Gasteiger charge is 2.20. The summed E-state index contributed by atoms with van der Waals surface area (Å²) in [6.45, 7) is 0.353. The first-order valence-electron chi connectivity index (χ1n) is 7.83. The Kier molecular flexibility index (Phi) is 3.86. The van der Waals surface area contributed by atoms with Gasteiger partial charge in [-0.2, -0.15) is 4.39 Å². The largest absolute Gasteiger partial charge is 0.471 e. The number of aromatic nitrogens is 4. The van der Waals surface area contributed by atoms with Gasteiger partial charge in [-0.15, -0.1) is 0 Å². The summed E-state index contributed by atoms with van der Waals surface area (Å²) >= 11 is 0. The fourth-order valence-electron chi connectivity index (χ4n) is 2.93. The molecule has 3 aromatic rings. The molecule has 3 aromatic heterocycles. The van der Waals surface area contributed by atoms with Crippen LogP contribution in [0.15, 0.2) is 42.9 Å². The summed E-state index contributed by atoms with van der Waals surface area (Å²) < 4.78 is 18.8. The van der Waals surface area contributed by atoms with E-state index in [0.29, 0.717) is 12.5 Å². The van der Waals surface area contributed by atoms with E-state index in [1.807, 2.05) is 24.3 Å². The number of halogens is 1. The van der Waals surface area contributed by atoms with Crippen LogP contribution in [-0.2, 0) is 19.4 Å².